The third-order valence-electron chi connectivity index (χ3n) is 6.33. The van der Waals surface area contributed by atoms with Crippen molar-refractivity contribution < 1.29 is 17.5 Å². The average Bonchev–Trinajstić information content (AvgIpc) is 3.34. The second-order valence-electron chi connectivity index (χ2n) is 8.83. The fourth-order valence-corrected chi connectivity index (χ4v) is 4.50. The van der Waals surface area contributed by atoms with Gasteiger partial charge in [0.15, 0.2) is 0 Å². The van der Waals surface area contributed by atoms with E-state index in [-0.39, 0.29) is 13.2 Å². The summed E-state index contributed by atoms with van der Waals surface area (Å²) >= 11 is 0. The molecule has 0 saturated carbocycles. The summed E-state index contributed by atoms with van der Waals surface area (Å²) in [5.41, 5.74) is 11.7. The molecule has 0 saturated heterocycles. The molecule has 0 unspecified atom stereocenters. The Hall–Kier alpha value is -3.28. The molecule has 0 fully saturated rings. The highest BCUT2D eigenvalue weighted by Gasteiger charge is 2.19. The van der Waals surface area contributed by atoms with Gasteiger partial charge < -0.3 is 14.9 Å². The number of fused-ring (bicyclic) bond motifs is 1. The first-order valence-corrected chi connectivity index (χ1v) is 13.4. The van der Waals surface area contributed by atoms with Gasteiger partial charge in [-0.1, -0.05) is 0 Å². The minimum absolute atomic E-state index is 0.164. The van der Waals surface area contributed by atoms with E-state index in [9.17, 15) is 12.8 Å². The van der Waals surface area contributed by atoms with Gasteiger partial charge in [-0.2, -0.15) is 9.40 Å². The van der Waals surface area contributed by atoms with E-state index in [0.717, 1.165) is 40.0 Å². The van der Waals surface area contributed by atoms with Crippen LogP contribution in [-0.4, -0.2) is 58.3 Å². The summed E-state index contributed by atoms with van der Waals surface area (Å²) in [5, 5.41) is 4.49. The third kappa shape index (κ3) is 5.43. The van der Waals surface area contributed by atoms with E-state index < -0.39 is 15.8 Å². The van der Waals surface area contributed by atoms with Crippen LogP contribution in [0.15, 0.2) is 42.7 Å². The van der Waals surface area contributed by atoms with E-state index in [2.05, 4.69) is 10.1 Å². The van der Waals surface area contributed by atoms with Gasteiger partial charge in [-0.05, 0) is 37.7 Å². The van der Waals surface area contributed by atoms with E-state index in [1.165, 1.54) is 23.5 Å². The van der Waals surface area contributed by atoms with E-state index >= 15 is 0 Å². The molecule has 3 heterocycles. The van der Waals surface area contributed by atoms with Gasteiger partial charge in [0.25, 0.3) is 0 Å². The molecule has 36 heavy (non-hydrogen) atoms. The summed E-state index contributed by atoms with van der Waals surface area (Å²) in [6.07, 6.45) is 6.11. The highest BCUT2D eigenvalue weighted by atomic mass is 32.2. The Bertz CT molecular complexity index is 1500. The van der Waals surface area contributed by atoms with Crippen LogP contribution < -0.4 is 10.5 Å². The quantitative estimate of drug-likeness (QED) is 0.349. The smallest absolute Gasteiger partial charge is 0.211 e. The zero-order valence-electron chi connectivity index (χ0n) is 20.9. The zero-order chi connectivity index (χ0) is 26.0. The SMILES string of the molecule is Cc1c(CCOc2cc(F)ccc2-c2ccc3ncc(CCN)n3c2)c(CN(C)S(C)(=O)=O)nn1C. The Kier molecular flexibility index (Phi) is 7.43. The summed E-state index contributed by atoms with van der Waals surface area (Å²) in [4.78, 5) is 4.41. The maximum Gasteiger partial charge on any atom is 0.211 e. The van der Waals surface area contributed by atoms with Gasteiger partial charge in [-0.15, -0.1) is 0 Å². The maximum absolute atomic E-state index is 14.2. The number of aromatic nitrogens is 4. The lowest BCUT2D eigenvalue weighted by Gasteiger charge is -2.15. The molecule has 0 radical (unpaired) electrons. The summed E-state index contributed by atoms with van der Waals surface area (Å²) in [6.45, 7) is 2.87. The monoisotopic (exact) mass is 514 g/mol. The molecule has 192 valence electrons. The van der Waals surface area contributed by atoms with Gasteiger partial charge >= 0.3 is 0 Å². The predicted octanol–water partition coefficient (Wildman–Crippen LogP) is 2.70. The lowest BCUT2D eigenvalue weighted by molar-refractivity contribution is 0.320. The Labute approximate surface area is 210 Å². The Morgan fingerprint density at radius 1 is 1.19 bits per heavy atom. The van der Waals surface area contributed by atoms with Crippen LogP contribution in [0.5, 0.6) is 5.75 Å². The molecular formula is C25H31FN6O3S. The Morgan fingerprint density at radius 3 is 2.69 bits per heavy atom. The fourth-order valence-electron chi connectivity index (χ4n) is 4.14. The van der Waals surface area contributed by atoms with Crippen LogP contribution in [0.3, 0.4) is 0 Å². The number of hydrogen-bond acceptors (Lipinski definition) is 6. The molecule has 11 heteroatoms. The number of hydrogen-bond donors (Lipinski definition) is 1. The number of nitrogens with two attached hydrogens (primary N) is 1. The molecule has 3 aromatic heterocycles. The second-order valence-corrected chi connectivity index (χ2v) is 10.9. The topological polar surface area (TPSA) is 108 Å². The standard InChI is InChI=1S/C25H31FN6O3S/c1-17-21(23(29-31(17)3)16-30(2)36(4,33)34)10-12-35-24-13-19(26)6-7-22(24)18-5-8-25-28-14-20(9-11-27)32(25)15-18/h5-8,13-15H,9-12,16,27H2,1-4H3. The molecule has 4 rings (SSSR count). The molecule has 0 aliphatic rings. The van der Waals surface area contributed by atoms with Gasteiger partial charge in [0, 0.05) is 73.5 Å². The number of sulfonamides is 1. The Morgan fingerprint density at radius 2 is 1.97 bits per heavy atom. The van der Waals surface area contributed by atoms with Gasteiger partial charge in [0.05, 0.1) is 25.1 Å². The van der Waals surface area contributed by atoms with Crippen LogP contribution in [-0.2, 0) is 36.5 Å². The first kappa shape index (κ1) is 25.8. The summed E-state index contributed by atoms with van der Waals surface area (Å²) in [7, 11) is -0.00502. The molecule has 1 aromatic carbocycles. The number of aryl methyl sites for hydroxylation is 1. The number of imidazole rings is 1. The van der Waals surface area contributed by atoms with Gasteiger partial charge in [0.1, 0.15) is 17.2 Å². The minimum atomic E-state index is -3.35. The van der Waals surface area contributed by atoms with Crippen molar-refractivity contribution in [3.05, 3.63) is 71.2 Å². The number of ether oxygens (including phenoxy) is 1. The van der Waals surface area contributed by atoms with Crippen LogP contribution in [0.25, 0.3) is 16.8 Å². The second kappa shape index (κ2) is 10.4. The minimum Gasteiger partial charge on any atom is -0.492 e. The van der Waals surface area contributed by atoms with Crippen LogP contribution >= 0.6 is 0 Å². The van der Waals surface area contributed by atoms with E-state index in [1.807, 2.05) is 42.9 Å². The third-order valence-corrected chi connectivity index (χ3v) is 7.59. The van der Waals surface area contributed by atoms with Crippen LogP contribution in [0.4, 0.5) is 4.39 Å². The van der Waals surface area contributed by atoms with Crippen molar-refractivity contribution >= 4 is 15.7 Å². The number of benzene rings is 1. The van der Waals surface area contributed by atoms with Crippen molar-refractivity contribution in [3.8, 4) is 16.9 Å². The molecule has 0 bridgehead atoms. The number of nitrogens with zero attached hydrogens (tertiary/aromatic N) is 5. The van der Waals surface area contributed by atoms with Crippen LogP contribution in [0.2, 0.25) is 0 Å². The average molecular weight is 515 g/mol. The lowest BCUT2D eigenvalue weighted by Crippen LogP contribution is -2.25. The van der Waals surface area contributed by atoms with Crippen molar-refractivity contribution in [2.75, 3.05) is 26.5 Å². The van der Waals surface area contributed by atoms with Crippen molar-refractivity contribution in [1.29, 1.82) is 0 Å². The van der Waals surface area contributed by atoms with Crippen molar-refractivity contribution in [2.24, 2.45) is 12.8 Å². The molecular weight excluding hydrogens is 483 g/mol. The molecule has 0 spiro atoms. The first-order valence-electron chi connectivity index (χ1n) is 11.6. The van der Waals surface area contributed by atoms with Crippen molar-refractivity contribution in [3.63, 3.8) is 0 Å². The largest absolute Gasteiger partial charge is 0.492 e. The van der Waals surface area contributed by atoms with Crippen LogP contribution in [0, 0.1) is 12.7 Å². The van der Waals surface area contributed by atoms with Gasteiger partial charge in [-0.25, -0.2) is 17.8 Å². The van der Waals surface area contributed by atoms with Gasteiger partial charge in [0.2, 0.25) is 10.0 Å². The molecule has 0 amide bonds. The number of pyridine rings is 1. The van der Waals surface area contributed by atoms with E-state index in [4.69, 9.17) is 10.5 Å². The zero-order valence-corrected chi connectivity index (χ0v) is 21.7. The molecule has 0 atom stereocenters. The fraction of sp³-hybridized carbons (Fsp3) is 0.360. The normalized spacial score (nSPS) is 12.1. The van der Waals surface area contributed by atoms with E-state index in [0.29, 0.717) is 30.8 Å². The maximum atomic E-state index is 14.2. The van der Waals surface area contributed by atoms with Gasteiger partial charge in [-0.3, -0.25) is 4.68 Å². The number of rotatable bonds is 10. The summed E-state index contributed by atoms with van der Waals surface area (Å²) in [6, 6.07) is 8.33. The molecule has 0 aliphatic heterocycles. The van der Waals surface area contributed by atoms with Crippen LogP contribution in [0.1, 0.15) is 22.6 Å². The van der Waals surface area contributed by atoms with Crippen molar-refractivity contribution in [1.82, 2.24) is 23.5 Å². The summed E-state index contributed by atoms with van der Waals surface area (Å²) in [5.74, 6) is 0.0282. The molecule has 2 N–H and O–H groups in total. The lowest BCUT2D eigenvalue weighted by atomic mass is 10.1. The van der Waals surface area contributed by atoms with E-state index in [1.54, 1.807) is 10.7 Å². The number of halogens is 1. The highest BCUT2D eigenvalue weighted by molar-refractivity contribution is 7.88. The first-order chi connectivity index (χ1) is 17.1. The molecule has 4 aromatic rings. The predicted molar refractivity (Wildman–Crippen MR) is 137 cm³/mol. The Balaban J connectivity index is 1.58. The highest BCUT2D eigenvalue weighted by Crippen LogP contribution is 2.31. The molecule has 9 nitrogen and oxygen atoms in total. The summed E-state index contributed by atoms with van der Waals surface area (Å²) < 4.78 is 49.0. The molecule has 0 aliphatic carbocycles. The van der Waals surface area contributed by atoms with Crippen molar-refractivity contribution in [2.45, 2.75) is 26.3 Å².